The third-order valence-corrected chi connectivity index (χ3v) is 4.37. The quantitative estimate of drug-likeness (QED) is 0.694. The molecule has 6 nitrogen and oxygen atoms in total. The van der Waals surface area contributed by atoms with Crippen LogP contribution in [0.25, 0.3) is 0 Å². The molecule has 0 atom stereocenters. The van der Waals surface area contributed by atoms with E-state index in [9.17, 15) is 13.2 Å². The van der Waals surface area contributed by atoms with E-state index in [0.717, 1.165) is 24.0 Å². The molecule has 26 heavy (non-hydrogen) atoms. The van der Waals surface area contributed by atoms with Crippen molar-refractivity contribution in [2.45, 2.75) is 20.3 Å². The van der Waals surface area contributed by atoms with Gasteiger partial charge >= 0.3 is 0 Å². The molecule has 7 heteroatoms. The summed E-state index contributed by atoms with van der Waals surface area (Å²) in [6.45, 7) is 4.55. The van der Waals surface area contributed by atoms with Crippen LogP contribution in [-0.4, -0.2) is 33.7 Å². The Morgan fingerprint density at radius 3 is 2.42 bits per heavy atom. The van der Waals surface area contributed by atoms with Gasteiger partial charge in [0, 0.05) is 5.56 Å². The van der Waals surface area contributed by atoms with Crippen LogP contribution in [0.5, 0.6) is 5.75 Å². The highest BCUT2D eigenvalue weighted by Crippen LogP contribution is 2.18. The van der Waals surface area contributed by atoms with E-state index in [1.807, 2.05) is 24.3 Å². The molecule has 1 amide bonds. The lowest BCUT2D eigenvalue weighted by Gasteiger charge is -2.11. The van der Waals surface area contributed by atoms with Crippen LogP contribution in [0.1, 0.15) is 28.4 Å². The van der Waals surface area contributed by atoms with Gasteiger partial charge in [0.2, 0.25) is 10.0 Å². The van der Waals surface area contributed by atoms with Crippen molar-refractivity contribution in [2.75, 3.05) is 24.1 Å². The summed E-state index contributed by atoms with van der Waals surface area (Å²) in [5.74, 6) is 0.470. The van der Waals surface area contributed by atoms with Gasteiger partial charge in [-0.25, -0.2) is 8.42 Å². The molecule has 2 aromatic rings. The van der Waals surface area contributed by atoms with Gasteiger partial charge in [0.15, 0.2) is 0 Å². The third-order valence-electron chi connectivity index (χ3n) is 3.78. The van der Waals surface area contributed by atoms with Crippen molar-refractivity contribution in [1.82, 2.24) is 5.32 Å². The molecule has 0 bridgehead atoms. The van der Waals surface area contributed by atoms with Crippen molar-refractivity contribution in [3.8, 4) is 5.75 Å². The summed E-state index contributed by atoms with van der Waals surface area (Å²) in [5, 5.41) is 2.76. The van der Waals surface area contributed by atoms with Crippen LogP contribution in [0, 0.1) is 6.92 Å². The number of benzene rings is 2. The smallest absolute Gasteiger partial charge is 0.251 e. The van der Waals surface area contributed by atoms with Crippen molar-refractivity contribution in [3.05, 3.63) is 59.2 Å². The van der Waals surface area contributed by atoms with Gasteiger partial charge < -0.3 is 10.1 Å². The lowest BCUT2D eigenvalue weighted by atomic mass is 10.1. The van der Waals surface area contributed by atoms with E-state index in [4.69, 9.17) is 4.74 Å². The Labute approximate surface area is 154 Å². The number of amides is 1. The molecule has 0 saturated heterocycles. The van der Waals surface area contributed by atoms with Crippen molar-refractivity contribution in [2.24, 2.45) is 0 Å². The number of aryl methyl sites for hydroxylation is 2. The number of carbonyl (C=O) groups excluding carboxylic acids is 1. The van der Waals surface area contributed by atoms with Gasteiger partial charge in [0.1, 0.15) is 12.4 Å². The van der Waals surface area contributed by atoms with Crippen molar-refractivity contribution >= 4 is 21.6 Å². The fourth-order valence-electron chi connectivity index (χ4n) is 2.33. The van der Waals surface area contributed by atoms with Crippen LogP contribution in [0.2, 0.25) is 0 Å². The molecule has 0 aliphatic rings. The summed E-state index contributed by atoms with van der Waals surface area (Å²) in [4.78, 5) is 12.2. The predicted molar refractivity (Wildman–Crippen MR) is 103 cm³/mol. The van der Waals surface area contributed by atoms with Gasteiger partial charge in [0.25, 0.3) is 5.91 Å². The largest absolute Gasteiger partial charge is 0.492 e. The van der Waals surface area contributed by atoms with E-state index < -0.39 is 10.0 Å². The number of hydrogen-bond acceptors (Lipinski definition) is 4. The SMILES string of the molecule is CCc1ccc(OCCNC(=O)c2ccc(C)c(NS(C)(=O)=O)c2)cc1. The molecule has 0 fully saturated rings. The van der Waals surface area contributed by atoms with E-state index in [2.05, 4.69) is 17.0 Å². The summed E-state index contributed by atoms with van der Waals surface area (Å²) in [5.41, 5.74) is 2.76. The van der Waals surface area contributed by atoms with Crippen LogP contribution in [0.15, 0.2) is 42.5 Å². The Balaban J connectivity index is 1.88. The Morgan fingerprint density at radius 1 is 1.12 bits per heavy atom. The molecule has 2 aromatic carbocycles. The van der Waals surface area contributed by atoms with E-state index in [1.165, 1.54) is 11.6 Å². The summed E-state index contributed by atoms with van der Waals surface area (Å²) in [6, 6.07) is 12.7. The van der Waals surface area contributed by atoms with Crippen LogP contribution >= 0.6 is 0 Å². The first-order valence-corrected chi connectivity index (χ1v) is 10.3. The minimum atomic E-state index is -3.40. The van der Waals surface area contributed by atoms with Crippen LogP contribution in [0.4, 0.5) is 5.69 Å². The predicted octanol–water partition coefficient (Wildman–Crippen LogP) is 2.74. The van der Waals surface area contributed by atoms with E-state index in [1.54, 1.807) is 19.1 Å². The Morgan fingerprint density at radius 2 is 1.81 bits per heavy atom. The number of sulfonamides is 1. The molecule has 0 aliphatic carbocycles. The zero-order chi connectivity index (χ0) is 19.2. The molecule has 0 aliphatic heterocycles. The lowest BCUT2D eigenvalue weighted by Crippen LogP contribution is -2.28. The molecule has 0 heterocycles. The first kappa shape index (κ1) is 19.8. The number of ether oxygens (including phenoxy) is 1. The molecule has 0 aromatic heterocycles. The van der Waals surface area contributed by atoms with Crippen molar-refractivity contribution < 1.29 is 17.9 Å². The van der Waals surface area contributed by atoms with Crippen LogP contribution < -0.4 is 14.8 Å². The number of anilines is 1. The standard InChI is InChI=1S/C19H24N2O4S/c1-4-15-6-9-17(10-7-15)25-12-11-20-19(22)16-8-5-14(2)18(13-16)21-26(3,23)24/h5-10,13,21H,4,11-12H2,1-3H3,(H,20,22). The fraction of sp³-hybridized carbons (Fsp3) is 0.316. The maximum Gasteiger partial charge on any atom is 0.251 e. The highest BCUT2D eigenvalue weighted by Gasteiger charge is 2.10. The first-order valence-electron chi connectivity index (χ1n) is 8.37. The van der Waals surface area contributed by atoms with Gasteiger partial charge in [-0.05, 0) is 48.7 Å². The highest BCUT2D eigenvalue weighted by atomic mass is 32.2. The molecule has 140 valence electrons. The maximum absolute atomic E-state index is 12.2. The van der Waals surface area contributed by atoms with Gasteiger partial charge in [0.05, 0.1) is 18.5 Å². The molecule has 0 saturated carbocycles. The molecule has 0 radical (unpaired) electrons. The van der Waals surface area contributed by atoms with E-state index in [0.29, 0.717) is 24.4 Å². The summed E-state index contributed by atoms with van der Waals surface area (Å²) < 4.78 is 30.8. The Kier molecular flexibility index (Phi) is 6.63. The summed E-state index contributed by atoms with van der Waals surface area (Å²) in [7, 11) is -3.40. The molecular weight excluding hydrogens is 352 g/mol. The minimum absolute atomic E-state index is 0.286. The average Bonchev–Trinajstić information content (AvgIpc) is 2.59. The molecule has 0 unspecified atom stereocenters. The highest BCUT2D eigenvalue weighted by molar-refractivity contribution is 7.92. The molecular formula is C19H24N2O4S. The van der Waals surface area contributed by atoms with Gasteiger partial charge in [-0.15, -0.1) is 0 Å². The van der Waals surface area contributed by atoms with Crippen molar-refractivity contribution in [1.29, 1.82) is 0 Å². The van der Waals surface area contributed by atoms with Crippen LogP contribution in [-0.2, 0) is 16.4 Å². The molecule has 2 rings (SSSR count). The van der Waals surface area contributed by atoms with Crippen molar-refractivity contribution in [3.63, 3.8) is 0 Å². The van der Waals surface area contributed by atoms with Crippen LogP contribution in [0.3, 0.4) is 0 Å². The van der Waals surface area contributed by atoms with E-state index in [-0.39, 0.29) is 5.91 Å². The zero-order valence-corrected chi connectivity index (χ0v) is 16.0. The topological polar surface area (TPSA) is 84.5 Å². The number of nitrogens with one attached hydrogen (secondary N) is 2. The van der Waals surface area contributed by atoms with E-state index >= 15 is 0 Å². The van der Waals surface area contributed by atoms with Gasteiger partial charge in [-0.3, -0.25) is 9.52 Å². The second-order valence-electron chi connectivity index (χ2n) is 6.01. The zero-order valence-electron chi connectivity index (χ0n) is 15.2. The Hall–Kier alpha value is -2.54. The Bertz CT molecular complexity index is 862. The summed E-state index contributed by atoms with van der Waals surface area (Å²) >= 11 is 0. The molecule has 0 spiro atoms. The number of hydrogen-bond donors (Lipinski definition) is 2. The second kappa shape index (κ2) is 8.71. The van der Waals surface area contributed by atoms with Gasteiger partial charge in [-0.2, -0.15) is 0 Å². The second-order valence-corrected chi connectivity index (χ2v) is 7.75. The first-order chi connectivity index (χ1) is 12.3. The lowest BCUT2D eigenvalue weighted by molar-refractivity contribution is 0.0947. The average molecular weight is 376 g/mol. The number of rotatable bonds is 8. The maximum atomic E-state index is 12.2. The fourth-order valence-corrected chi connectivity index (χ4v) is 2.95. The third kappa shape index (κ3) is 6.07. The van der Waals surface area contributed by atoms with Gasteiger partial charge in [-0.1, -0.05) is 25.1 Å². The molecule has 2 N–H and O–H groups in total. The normalized spacial score (nSPS) is 11.0. The summed E-state index contributed by atoms with van der Waals surface area (Å²) in [6.07, 6.45) is 2.05. The minimum Gasteiger partial charge on any atom is -0.492 e. The number of carbonyl (C=O) groups is 1. The monoisotopic (exact) mass is 376 g/mol.